The maximum absolute atomic E-state index is 8.57. The number of hydrogen-bond acceptors (Lipinski definition) is 4. The van der Waals surface area contributed by atoms with E-state index in [9.17, 15) is 0 Å². The Morgan fingerprint density at radius 1 is 1.18 bits per heavy atom. The maximum Gasteiger partial charge on any atom is 0.145 e. The number of pyridine rings is 1. The number of aromatic nitrogens is 1. The molecule has 0 atom stereocenters. The zero-order chi connectivity index (χ0) is 12.1. The van der Waals surface area contributed by atoms with Gasteiger partial charge >= 0.3 is 0 Å². The van der Waals surface area contributed by atoms with Crippen molar-refractivity contribution in [1.82, 2.24) is 4.98 Å². The van der Waals surface area contributed by atoms with E-state index in [2.05, 4.69) is 10.3 Å². The average molecular weight is 220 g/mol. The number of nitrogens with zero attached hydrogens (tertiary/aromatic N) is 3. The van der Waals surface area contributed by atoms with Gasteiger partial charge in [-0.05, 0) is 11.5 Å². The van der Waals surface area contributed by atoms with Gasteiger partial charge in [-0.2, -0.15) is 10.5 Å². The Bertz CT molecular complexity index is 643. The molecule has 0 unspecified atom stereocenters. The summed E-state index contributed by atoms with van der Waals surface area (Å²) in [5.74, 6) is 0.603. The molecule has 0 amide bonds. The van der Waals surface area contributed by atoms with E-state index in [0.29, 0.717) is 5.82 Å². The van der Waals surface area contributed by atoms with Gasteiger partial charge in [0.2, 0.25) is 0 Å². The van der Waals surface area contributed by atoms with Crippen molar-refractivity contribution in [2.45, 2.75) is 0 Å². The van der Waals surface area contributed by atoms with Crippen LogP contribution in [0.4, 0.5) is 5.82 Å². The van der Waals surface area contributed by atoms with Gasteiger partial charge in [-0.3, -0.25) is 0 Å². The standard InChI is InChI=1S/C13H8N4/c14-6-10(7-15)8-16-13-5-11-3-1-2-4-12(11)9-17-13/h1-5,8-9H,(H,16,17). The maximum atomic E-state index is 8.57. The molecule has 2 rings (SSSR count). The molecule has 1 heterocycles. The number of nitriles is 2. The lowest BCUT2D eigenvalue weighted by atomic mass is 10.2. The fourth-order valence-corrected chi connectivity index (χ4v) is 1.40. The summed E-state index contributed by atoms with van der Waals surface area (Å²) in [6.07, 6.45) is 3.08. The van der Waals surface area contributed by atoms with E-state index in [4.69, 9.17) is 10.5 Å². The van der Waals surface area contributed by atoms with Gasteiger partial charge in [0.1, 0.15) is 23.5 Å². The minimum absolute atomic E-state index is 0.0139. The third-order valence-electron chi connectivity index (χ3n) is 2.24. The molecule has 0 bridgehead atoms. The van der Waals surface area contributed by atoms with E-state index in [1.165, 1.54) is 6.20 Å². The number of benzene rings is 1. The molecular formula is C13H8N4. The van der Waals surface area contributed by atoms with Crippen LogP contribution in [0.25, 0.3) is 10.8 Å². The van der Waals surface area contributed by atoms with E-state index >= 15 is 0 Å². The van der Waals surface area contributed by atoms with Crippen LogP contribution in [0, 0.1) is 22.7 Å². The van der Waals surface area contributed by atoms with Gasteiger partial charge in [-0.1, -0.05) is 24.3 Å². The highest BCUT2D eigenvalue weighted by Gasteiger charge is 1.96. The molecule has 0 fully saturated rings. The fourth-order valence-electron chi connectivity index (χ4n) is 1.40. The number of rotatable bonds is 2. The summed E-state index contributed by atoms with van der Waals surface area (Å²) < 4.78 is 0. The molecule has 4 nitrogen and oxygen atoms in total. The van der Waals surface area contributed by atoms with Crippen molar-refractivity contribution >= 4 is 16.6 Å². The highest BCUT2D eigenvalue weighted by Crippen LogP contribution is 2.15. The SMILES string of the molecule is N#CC(C#N)=CNc1cc2ccccc2cn1. The third-order valence-corrected chi connectivity index (χ3v) is 2.24. The van der Waals surface area contributed by atoms with E-state index in [1.54, 1.807) is 18.3 Å². The van der Waals surface area contributed by atoms with Gasteiger partial charge in [0.15, 0.2) is 0 Å². The molecule has 80 valence electrons. The first-order valence-corrected chi connectivity index (χ1v) is 4.95. The van der Waals surface area contributed by atoms with Crippen LogP contribution >= 0.6 is 0 Å². The van der Waals surface area contributed by atoms with E-state index in [1.807, 2.05) is 30.3 Å². The highest BCUT2D eigenvalue weighted by molar-refractivity contribution is 5.83. The van der Waals surface area contributed by atoms with E-state index in [-0.39, 0.29) is 5.57 Å². The predicted molar refractivity (Wildman–Crippen MR) is 64.7 cm³/mol. The summed E-state index contributed by atoms with van der Waals surface area (Å²) in [4.78, 5) is 4.17. The van der Waals surface area contributed by atoms with Gasteiger partial charge in [0.05, 0.1) is 0 Å². The lowest BCUT2D eigenvalue weighted by Crippen LogP contribution is -1.92. The Kier molecular flexibility index (Phi) is 3.00. The van der Waals surface area contributed by atoms with Crippen molar-refractivity contribution in [3.63, 3.8) is 0 Å². The fraction of sp³-hybridized carbons (Fsp3) is 0. The minimum atomic E-state index is 0.0139. The Labute approximate surface area is 98.4 Å². The molecule has 4 heteroatoms. The van der Waals surface area contributed by atoms with Crippen LogP contribution in [0.1, 0.15) is 0 Å². The number of hydrogen-bond donors (Lipinski definition) is 1. The summed E-state index contributed by atoms with van der Waals surface area (Å²) in [6.45, 7) is 0. The first kappa shape index (κ1) is 10.7. The molecule has 17 heavy (non-hydrogen) atoms. The number of nitrogens with one attached hydrogen (secondary N) is 1. The summed E-state index contributed by atoms with van der Waals surface area (Å²) in [6, 6.07) is 13.2. The molecule has 0 saturated carbocycles. The van der Waals surface area contributed by atoms with Gasteiger partial charge < -0.3 is 5.32 Å². The number of allylic oxidation sites excluding steroid dienone is 1. The van der Waals surface area contributed by atoms with Crippen molar-refractivity contribution in [3.05, 3.63) is 48.3 Å². The van der Waals surface area contributed by atoms with Crippen LogP contribution in [0.5, 0.6) is 0 Å². The Hall–Kier alpha value is -2.85. The smallest absolute Gasteiger partial charge is 0.145 e. The Morgan fingerprint density at radius 2 is 1.88 bits per heavy atom. The van der Waals surface area contributed by atoms with Crippen LogP contribution in [0.3, 0.4) is 0 Å². The van der Waals surface area contributed by atoms with Crippen molar-refractivity contribution < 1.29 is 0 Å². The van der Waals surface area contributed by atoms with Gasteiger partial charge in [0.25, 0.3) is 0 Å². The first-order valence-electron chi connectivity index (χ1n) is 4.95. The largest absolute Gasteiger partial charge is 0.345 e. The normalized spacial score (nSPS) is 9.06. The second kappa shape index (κ2) is 4.78. The minimum Gasteiger partial charge on any atom is -0.345 e. The summed E-state index contributed by atoms with van der Waals surface area (Å²) in [5, 5.41) is 22.1. The molecule has 0 spiro atoms. The molecule has 0 aliphatic carbocycles. The first-order chi connectivity index (χ1) is 8.33. The summed E-state index contributed by atoms with van der Waals surface area (Å²) in [5.41, 5.74) is 0.0139. The lowest BCUT2D eigenvalue weighted by molar-refractivity contribution is 1.33. The van der Waals surface area contributed by atoms with Crippen LogP contribution in [-0.4, -0.2) is 4.98 Å². The monoisotopic (exact) mass is 220 g/mol. The molecule has 0 saturated heterocycles. The second-order valence-corrected chi connectivity index (χ2v) is 3.34. The second-order valence-electron chi connectivity index (χ2n) is 3.34. The van der Waals surface area contributed by atoms with Crippen molar-refractivity contribution in [3.8, 4) is 12.1 Å². The van der Waals surface area contributed by atoms with Crippen LogP contribution in [0.2, 0.25) is 0 Å². The van der Waals surface area contributed by atoms with E-state index in [0.717, 1.165) is 10.8 Å². The molecule has 0 aliphatic heterocycles. The van der Waals surface area contributed by atoms with Crippen molar-refractivity contribution in [2.24, 2.45) is 0 Å². The average Bonchev–Trinajstić information content (AvgIpc) is 2.40. The molecule has 1 N–H and O–H groups in total. The molecule has 2 aromatic rings. The summed E-state index contributed by atoms with van der Waals surface area (Å²) in [7, 11) is 0. The Morgan fingerprint density at radius 3 is 2.59 bits per heavy atom. The molecule has 1 aromatic carbocycles. The van der Waals surface area contributed by atoms with Gasteiger partial charge in [-0.15, -0.1) is 0 Å². The van der Waals surface area contributed by atoms with Gasteiger partial charge in [0, 0.05) is 17.8 Å². The van der Waals surface area contributed by atoms with Crippen LogP contribution < -0.4 is 5.32 Å². The van der Waals surface area contributed by atoms with Crippen molar-refractivity contribution in [2.75, 3.05) is 5.32 Å². The molecular weight excluding hydrogens is 212 g/mol. The quantitative estimate of drug-likeness (QED) is 0.789. The van der Waals surface area contributed by atoms with Gasteiger partial charge in [-0.25, -0.2) is 4.98 Å². The van der Waals surface area contributed by atoms with E-state index < -0.39 is 0 Å². The summed E-state index contributed by atoms with van der Waals surface area (Å²) >= 11 is 0. The Balaban J connectivity index is 2.30. The molecule has 0 radical (unpaired) electrons. The lowest BCUT2D eigenvalue weighted by Gasteiger charge is -2.01. The van der Waals surface area contributed by atoms with Crippen molar-refractivity contribution in [1.29, 1.82) is 10.5 Å². The predicted octanol–water partition coefficient (Wildman–Crippen LogP) is 2.58. The zero-order valence-corrected chi connectivity index (χ0v) is 8.88. The third kappa shape index (κ3) is 2.39. The number of fused-ring (bicyclic) bond motifs is 1. The topological polar surface area (TPSA) is 72.5 Å². The zero-order valence-electron chi connectivity index (χ0n) is 8.88. The van der Waals surface area contributed by atoms with Crippen LogP contribution in [-0.2, 0) is 0 Å². The molecule has 1 aromatic heterocycles. The highest BCUT2D eigenvalue weighted by atomic mass is 15.0. The molecule has 0 aliphatic rings. The van der Waals surface area contributed by atoms with Crippen LogP contribution in [0.15, 0.2) is 48.3 Å². The number of anilines is 1.